The van der Waals surface area contributed by atoms with Crippen molar-refractivity contribution < 1.29 is 4.79 Å². The van der Waals surface area contributed by atoms with Crippen LogP contribution in [0.2, 0.25) is 0 Å². The number of carbonyl (C=O) groups excluding carboxylic acids is 1. The maximum Gasteiger partial charge on any atom is 0.249 e. The molecule has 0 unspecified atom stereocenters. The lowest BCUT2D eigenvalue weighted by atomic mass is 9.90. The van der Waals surface area contributed by atoms with Crippen LogP contribution in [-0.4, -0.2) is 29.4 Å². The van der Waals surface area contributed by atoms with E-state index in [0.29, 0.717) is 12.1 Å². The Bertz CT molecular complexity index is 278. The quantitative estimate of drug-likeness (QED) is 0.765. The fraction of sp³-hybridized carbons (Fsp3) is 0.786. The van der Waals surface area contributed by atoms with E-state index in [1.54, 1.807) is 0 Å². The summed E-state index contributed by atoms with van der Waals surface area (Å²) in [6, 6.07) is 0.736. The molecule has 0 radical (unpaired) electrons. The zero-order valence-corrected chi connectivity index (χ0v) is 11.4. The largest absolute Gasteiger partial charge is 0.336 e. The van der Waals surface area contributed by atoms with Gasteiger partial charge in [-0.15, -0.1) is 0 Å². The van der Waals surface area contributed by atoms with Crippen LogP contribution in [-0.2, 0) is 4.79 Å². The van der Waals surface area contributed by atoms with Gasteiger partial charge in [-0.1, -0.05) is 13.0 Å². The van der Waals surface area contributed by atoms with E-state index in [1.165, 1.54) is 0 Å². The Labute approximate surface area is 105 Å². The minimum absolute atomic E-state index is 0.204. The van der Waals surface area contributed by atoms with Gasteiger partial charge in [0.1, 0.15) is 0 Å². The number of hydrogen-bond acceptors (Lipinski definition) is 2. The van der Waals surface area contributed by atoms with Crippen LogP contribution in [0.4, 0.5) is 0 Å². The topological polar surface area (TPSA) is 46.3 Å². The van der Waals surface area contributed by atoms with Crippen LogP contribution in [0.15, 0.2) is 11.6 Å². The Morgan fingerprint density at radius 3 is 2.35 bits per heavy atom. The maximum absolute atomic E-state index is 12.3. The van der Waals surface area contributed by atoms with Crippen molar-refractivity contribution in [2.75, 3.05) is 6.54 Å². The molecular formula is C14H26N2O. The Morgan fingerprint density at radius 1 is 1.29 bits per heavy atom. The van der Waals surface area contributed by atoms with Crippen LogP contribution >= 0.6 is 0 Å². The van der Waals surface area contributed by atoms with Crippen LogP contribution in [0.3, 0.4) is 0 Å². The van der Waals surface area contributed by atoms with Gasteiger partial charge in [-0.05, 0) is 46.0 Å². The monoisotopic (exact) mass is 238 g/mol. The van der Waals surface area contributed by atoms with E-state index in [4.69, 9.17) is 5.73 Å². The lowest BCUT2D eigenvalue weighted by Crippen LogP contribution is -2.44. The van der Waals surface area contributed by atoms with Gasteiger partial charge in [-0.2, -0.15) is 0 Å². The SMILES string of the molecule is CCC=C(C)C(=O)N(CC)C1CCC(N)CC1. The predicted molar refractivity (Wildman–Crippen MR) is 71.7 cm³/mol. The van der Waals surface area contributed by atoms with Crippen molar-refractivity contribution in [3.05, 3.63) is 11.6 Å². The number of allylic oxidation sites excluding steroid dienone is 1. The summed E-state index contributed by atoms with van der Waals surface area (Å²) < 4.78 is 0. The van der Waals surface area contributed by atoms with E-state index in [9.17, 15) is 4.79 Å². The molecule has 0 saturated heterocycles. The van der Waals surface area contributed by atoms with E-state index in [1.807, 2.05) is 17.9 Å². The molecule has 1 amide bonds. The Hall–Kier alpha value is -0.830. The highest BCUT2D eigenvalue weighted by Crippen LogP contribution is 2.23. The normalized spacial score (nSPS) is 25.8. The highest BCUT2D eigenvalue weighted by molar-refractivity contribution is 5.93. The Kier molecular flexibility index (Phi) is 5.69. The molecular weight excluding hydrogens is 212 g/mol. The van der Waals surface area contributed by atoms with Crippen molar-refractivity contribution in [2.45, 2.75) is 65.0 Å². The molecule has 0 heterocycles. The minimum atomic E-state index is 0.204. The fourth-order valence-corrected chi connectivity index (χ4v) is 2.60. The third-order valence-electron chi connectivity index (χ3n) is 3.63. The highest BCUT2D eigenvalue weighted by atomic mass is 16.2. The number of amides is 1. The van der Waals surface area contributed by atoms with Gasteiger partial charge in [-0.25, -0.2) is 0 Å². The van der Waals surface area contributed by atoms with E-state index in [-0.39, 0.29) is 5.91 Å². The molecule has 0 bridgehead atoms. The molecule has 3 nitrogen and oxygen atoms in total. The fourth-order valence-electron chi connectivity index (χ4n) is 2.60. The minimum Gasteiger partial charge on any atom is -0.336 e. The second-order valence-electron chi connectivity index (χ2n) is 4.96. The van der Waals surface area contributed by atoms with Crippen molar-refractivity contribution in [1.82, 2.24) is 4.90 Å². The maximum atomic E-state index is 12.3. The number of nitrogens with zero attached hydrogens (tertiary/aromatic N) is 1. The molecule has 1 aliphatic rings. The van der Waals surface area contributed by atoms with Gasteiger partial charge in [0.2, 0.25) is 5.91 Å². The van der Waals surface area contributed by atoms with Crippen LogP contribution in [0.25, 0.3) is 0 Å². The summed E-state index contributed by atoms with van der Waals surface area (Å²) in [6.45, 7) is 6.84. The molecule has 1 fully saturated rings. The lowest BCUT2D eigenvalue weighted by molar-refractivity contribution is -0.129. The van der Waals surface area contributed by atoms with Gasteiger partial charge in [0, 0.05) is 24.2 Å². The predicted octanol–water partition coefficient (Wildman–Crippen LogP) is 2.46. The molecule has 1 saturated carbocycles. The molecule has 98 valence electrons. The van der Waals surface area contributed by atoms with Gasteiger partial charge in [0.05, 0.1) is 0 Å². The third-order valence-corrected chi connectivity index (χ3v) is 3.63. The third kappa shape index (κ3) is 3.84. The summed E-state index contributed by atoms with van der Waals surface area (Å²) in [5.41, 5.74) is 6.79. The molecule has 0 aliphatic heterocycles. The van der Waals surface area contributed by atoms with Crippen LogP contribution in [0.1, 0.15) is 52.9 Å². The van der Waals surface area contributed by atoms with Crippen molar-refractivity contribution in [3.63, 3.8) is 0 Å². The van der Waals surface area contributed by atoms with Crippen LogP contribution < -0.4 is 5.73 Å². The van der Waals surface area contributed by atoms with Gasteiger partial charge in [0.15, 0.2) is 0 Å². The summed E-state index contributed by atoms with van der Waals surface area (Å²) in [5, 5.41) is 0. The lowest BCUT2D eigenvalue weighted by Gasteiger charge is -2.35. The first-order chi connectivity index (χ1) is 8.10. The Morgan fingerprint density at radius 2 is 1.88 bits per heavy atom. The number of likely N-dealkylation sites (N-methyl/N-ethyl adjacent to an activating group) is 1. The van der Waals surface area contributed by atoms with Crippen molar-refractivity contribution >= 4 is 5.91 Å². The van der Waals surface area contributed by atoms with Crippen LogP contribution in [0, 0.1) is 0 Å². The highest BCUT2D eigenvalue weighted by Gasteiger charge is 2.26. The number of nitrogens with two attached hydrogens (primary N) is 1. The molecule has 0 aromatic rings. The summed E-state index contributed by atoms with van der Waals surface area (Å²) in [5.74, 6) is 0.204. The summed E-state index contributed by atoms with van der Waals surface area (Å²) in [7, 11) is 0. The summed E-state index contributed by atoms with van der Waals surface area (Å²) >= 11 is 0. The molecule has 1 rings (SSSR count). The zero-order valence-electron chi connectivity index (χ0n) is 11.4. The smallest absolute Gasteiger partial charge is 0.249 e. The summed E-state index contributed by atoms with van der Waals surface area (Å²) in [6.07, 6.45) is 7.14. The molecule has 2 N–H and O–H groups in total. The van der Waals surface area contributed by atoms with Gasteiger partial charge in [0.25, 0.3) is 0 Å². The Balaban J connectivity index is 2.64. The summed E-state index contributed by atoms with van der Waals surface area (Å²) in [4.78, 5) is 14.3. The van der Waals surface area contributed by atoms with E-state index in [2.05, 4.69) is 13.8 Å². The first kappa shape index (κ1) is 14.2. The van der Waals surface area contributed by atoms with Gasteiger partial charge in [-0.3, -0.25) is 4.79 Å². The van der Waals surface area contributed by atoms with E-state index >= 15 is 0 Å². The molecule has 0 spiro atoms. The number of hydrogen-bond donors (Lipinski definition) is 1. The molecule has 0 aromatic heterocycles. The molecule has 0 aromatic carbocycles. The first-order valence-electron chi connectivity index (χ1n) is 6.83. The first-order valence-corrected chi connectivity index (χ1v) is 6.83. The van der Waals surface area contributed by atoms with E-state index < -0.39 is 0 Å². The molecule has 17 heavy (non-hydrogen) atoms. The van der Waals surface area contributed by atoms with Crippen LogP contribution in [0.5, 0.6) is 0 Å². The molecule has 0 atom stereocenters. The van der Waals surface area contributed by atoms with Crippen molar-refractivity contribution in [1.29, 1.82) is 0 Å². The average Bonchev–Trinajstić information content (AvgIpc) is 2.32. The standard InChI is InChI=1S/C14H26N2O/c1-4-6-11(3)14(17)16(5-2)13-9-7-12(15)8-10-13/h6,12-13H,4-5,7-10,15H2,1-3H3. The number of rotatable bonds is 4. The average molecular weight is 238 g/mol. The molecule has 1 aliphatic carbocycles. The van der Waals surface area contributed by atoms with Gasteiger partial charge >= 0.3 is 0 Å². The molecule has 3 heteroatoms. The van der Waals surface area contributed by atoms with Crippen molar-refractivity contribution in [3.8, 4) is 0 Å². The van der Waals surface area contributed by atoms with E-state index in [0.717, 1.165) is 44.2 Å². The number of carbonyl (C=O) groups is 1. The zero-order chi connectivity index (χ0) is 12.8. The second kappa shape index (κ2) is 6.80. The van der Waals surface area contributed by atoms with Crippen molar-refractivity contribution in [2.24, 2.45) is 5.73 Å². The van der Waals surface area contributed by atoms with Gasteiger partial charge < -0.3 is 10.6 Å². The second-order valence-corrected chi connectivity index (χ2v) is 4.96.